The van der Waals surface area contributed by atoms with Gasteiger partial charge in [0.05, 0.1) is 0 Å². The highest BCUT2D eigenvalue weighted by Crippen LogP contribution is 2.04. The number of nitrogens with one attached hydrogen (secondary N) is 1. The van der Waals surface area contributed by atoms with Crippen molar-refractivity contribution < 1.29 is 0 Å². The normalized spacial score (nSPS) is 10.3. The fraction of sp³-hybridized carbons (Fsp3) is 0.500. The second kappa shape index (κ2) is 8.05. The predicted octanol–water partition coefficient (Wildman–Crippen LogP) is 3.23. The van der Waals surface area contributed by atoms with Gasteiger partial charge in [0, 0.05) is 18.9 Å². The minimum absolute atomic E-state index is 0.932. The number of unbranched alkanes of at least 4 members (excludes halogenated alkanes) is 3. The maximum Gasteiger partial charge on any atom is 0.0315 e. The number of rotatable bonds is 8. The van der Waals surface area contributed by atoms with Gasteiger partial charge in [-0.25, -0.2) is 0 Å². The van der Waals surface area contributed by atoms with E-state index in [0.717, 1.165) is 19.5 Å². The molecule has 2 heteroatoms. The van der Waals surface area contributed by atoms with Crippen molar-refractivity contribution in [2.75, 3.05) is 6.54 Å². The van der Waals surface area contributed by atoms with Gasteiger partial charge in [0.15, 0.2) is 0 Å². The lowest BCUT2D eigenvalue weighted by molar-refractivity contribution is 0.604. The summed E-state index contributed by atoms with van der Waals surface area (Å²) in [7, 11) is 0. The number of aryl methyl sites for hydroxylation is 1. The number of allylic oxidation sites excluding steroid dienone is 1. The molecule has 0 aliphatic rings. The summed E-state index contributed by atoms with van der Waals surface area (Å²) >= 11 is 0. The highest BCUT2D eigenvalue weighted by molar-refractivity contribution is 5.20. The molecule has 0 aliphatic heterocycles. The van der Waals surface area contributed by atoms with Gasteiger partial charge in [0.25, 0.3) is 0 Å². The fourth-order valence-corrected chi connectivity index (χ4v) is 1.62. The van der Waals surface area contributed by atoms with E-state index < -0.39 is 0 Å². The second-order valence-electron chi connectivity index (χ2n) is 4.12. The Bertz CT molecular complexity index is 307. The summed E-state index contributed by atoms with van der Waals surface area (Å²) in [5.41, 5.74) is 2.61. The number of pyridine rings is 1. The second-order valence-corrected chi connectivity index (χ2v) is 4.12. The standard InChI is InChI=1S/C14H22N2/c1-3-4-5-6-7-9-15-11-14-12-16-10-8-13(14)2/h3,8,10,12,15H,1,4-7,9,11H2,2H3. The van der Waals surface area contributed by atoms with Crippen LogP contribution in [0.15, 0.2) is 31.1 Å². The van der Waals surface area contributed by atoms with E-state index >= 15 is 0 Å². The Balaban J connectivity index is 2.07. The first kappa shape index (κ1) is 12.9. The van der Waals surface area contributed by atoms with E-state index in [4.69, 9.17) is 0 Å². The van der Waals surface area contributed by atoms with Crippen molar-refractivity contribution in [3.63, 3.8) is 0 Å². The smallest absolute Gasteiger partial charge is 0.0315 e. The van der Waals surface area contributed by atoms with E-state index in [1.165, 1.54) is 30.4 Å². The minimum atomic E-state index is 0.932. The lowest BCUT2D eigenvalue weighted by Gasteiger charge is -2.06. The molecule has 0 radical (unpaired) electrons. The van der Waals surface area contributed by atoms with Crippen LogP contribution >= 0.6 is 0 Å². The van der Waals surface area contributed by atoms with Crippen LogP contribution in [-0.2, 0) is 6.54 Å². The molecule has 0 aromatic carbocycles. The largest absolute Gasteiger partial charge is 0.313 e. The maximum absolute atomic E-state index is 4.13. The molecule has 0 unspecified atom stereocenters. The highest BCUT2D eigenvalue weighted by Gasteiger charge is 1.96. The number of aromatic nitrogens is 1. The molecule has 1 aromatic rings. The maximum atomic E-state index is 4.13. The van der Waals surface area contributed by atoms with Crippen molar-refractivity contribution in [3.05, 3.63) is 42.2 Å². The van der Waals surface area contributed by atoms with Crippen molar-refractivity contribution in [2.24, 2.45) is 0 Å². The molecule has 1 rings (SSSR count). The van der Waals surface area contributed by atoms with E-state index in [2.05, 4.69) is 29.9 Å². The Morgan fingerprint density at radius 2 is 2.25 bits per heavy atom. The summed E-state index contributed by atoms with van der Waals surface area (Å²) in [6, 6.07) is 2.06. The molecule has 0 fully saturated rings. The molecule has 1 aromatic heterocycles. The van der Waals surface area contributed by atoms with Crippen molar-refractivity contribution >= 4 is 0 Å². The summed E-state index contributed by atoms with van der Waals surface area (Å²) in [5, 5.41) is 3.45. The third kappa shape index (κ3) is 5.08. The monoisotopic (exact) mass is 218 g/mol. The van der Waals surface area contributed by atoms with Crippen molar-refractivity contribution in [1.82, 2.24) is 10.3 Å². The van der Waals surface area contributed by atoms with Gasteiger partial charge in [0.2, 0.25) is 0 Å². The molecule has 0 amide bonds. The van der Waals surface area contributed by atoms with Gasteiger partial charge in [-0.05, 0) is 49.9 Å². The molecule has 0 saturated heterocycles. The first-order valence-corrected chi connectivity index (χ1v) is 6.05. The van der Waals surface area contributed by atoms with Crippen LogP contribution in [0.25, 0.3) is 0 Å². The Kier molecular flexibility index (Phi) is 6.50. The molecule has 2 nitrogen and oxygen atoms in total. The topological polar surface area (TPSA) is 24.9 Å². The zero-order valence-corrected chi connectivity index (χ0v) is 10.2. The van der Waals surface area contributed by atoms with Gasteiger partial charge in [-0.15, -0.1) is 6.58 Å². The van der Waals surface area contributed by atoms with E-state index in [9.17, 15) is 0 Å². The molecule has 1 N–H and O–H groups in total. The van der Waals surface area contributed by atoms with Gasteiger partial charge in [-0.3, -0.25) is 4.98 Å². The van der Waals surface area contributed by atoms with Gasteiger partial charge >= 0.3 is 0 Å². The summed E-state index contributed by atoms with van der Waals surface area (Å²) in [5.74, 6) is 0. The Morgan fingerprint density at radius 1 is 1.38 bits per heavy atom. The molecular weight excluding hydrogens is 196 g/mol. The third-order valence-electron chi connectivity index (χ3n) is 2.72. The number of nitrogens with zero attached hydrogens (tertiary/aromatic N) is 1. The van der Waals surface area contributed by atoms with Crippen LogP contribution in [0, 0.1) is 6.92 Å². The SMILES string of the molecule is C=CCCCCCNCc1cnccc1C. The molecule has 0 atom stereocenters. The van der Waals surface area contributed by atoms with E-state index in [1.54, 1.807) is 0 Å². The molecule has 16 heavy (non-hydrogen) atoms. The van der Waals surface area contributed by atoms with Crippen molar-refractivity contribution in [2.45, 2.75) is 39.2 Å². The molecule has 0 spiro atoms. The van der Waals surface area contributed by atoms with Crippen LogP contribution in [0.2, 0.25) is 0 Å². The van der Waals surface area contributed by atoms with Crippen molar-refractivity contribution in [1.29, 1.82) is 0 Å². The Labute approximate surface area is 98.8 Å². The Morgan fingerprint density at radius 3 is 3.00 bits per heavy atom. The van der Waals surface area contributed by atoms with Crippen LogP contribution in [0.5, 0.6) is 0 Å². The van der Waals surface area contributed by atoms with E-state index in [1.807, 2.05) is 18.5 Å². The van der Waals surface area contributed by atoms with Gasteiger partial charge < -0.3 is 5.32 Å². The molecule has 0 bridgehead atoms. The molecule has 0 aliphatic carbocycles. The van der Waals surface area contributed by atoms with Crippen LogP contribution in [0.1, 0.15) is 36.8 Å². The first-order valence-electron chi connectivity index (χ1n) is 6.05. The summed E-state index contributed by atoms with van der Waals surface area (Å²) in [4.78, 5) is 4.13. The van der Waals surface area contributed by atoms with Crippen LogP contribution in [-0.4, -0.2) is 11.5 Å². The number of hydrogen-bond acceptors (Lipinski definition) is 2. The third-order valence-corrected chi connectivity index (χ3v) is 2.72. The average molecular weight is 218 g/mol. The lowest BCUT2D eigenvalue weighted by Crippen LogP contribution is -2.15. The van der Waals surface area contributed by atoms with Gasteiger partial charge in [0.1, 0.15) is 0 Å². The van der Waals surface area contributed by atoms with Gasteiger partial charge in [-0.1, -0.05) is 12.5 Å². The molecule has 1 heterocycles. The summed E-state index contributed by atoms with van der Waals surface area (Å²) in [6.45, 7) is 7.87. The zero-order chi connectivity index (χ0) is 11.6. The zero-order valence-electron chi connectivity index (χ0n) is 10.2. The molecule has 88 valence electrons. The van der Waals surface area contributed by atoms with Crippen LogP contribution in [0.3, 0.4) is 0 Å². The lowest BCUT2D eigenvalue weighted by atomic mass is 10.1. The minimum Gasteiger partial charge on any atom is -0.313 e. The van der Waals surface area contributed by atoms with Crippen LogP contribution < -0.4 is 5.32 Å². The quantitative estimate of drug-likeness (QED) is 0.535. The van der Waals surface area contributed by atoms with Crippen molar-refractivity contribution in [3.8, 4) is 0 Å². The Hall–Kier alpha value is -1.15. The van der Waals surface area contributed by atoms with Crippen LogP contribution in [0.4, 0.5) is 0 Å². The fourth-order valence-electron chi connectivity index (χ4n) is 1.62. The molecular formula is C14H22N2. The van der Waals surface area contributed by atoms with E-state index in [0.29, 0.717) is 0 Å². The summed E-state index contributed by atoms with van der Waals surface area (Å²) < 4.78 is 0. The average Bonchev–Trinajstić information content (AvgIpc) is 2.30. The van der Waals surface area contributed by atoms with E-state index in [-0.39, 0.29) is 0 Å². The summed E-state index contributed by atoms with van der Waals surface area (Å²) in [6.07, 6.45) is 10.7. The highest BCUT2D eigenvalue weighted by atomic mass is 14.8. The van der Waals surface area contributed by atoms with Gasteiger partial charge in [-0.2, -0.15) is 0 Å². The number of hydrogen-bond donors (Lipinski definition) is 1. The molecule has 0 saturated carbocycles. The first-order chi connectivity index (χ1) is 7.84. The predicted molar refractivity (Wildman–Crippen MR) is 69.3 cm³/mol.